The predicted molar refractivity (Wildman–Crippen MR) is 70.2 cm³/mol. The maximum Gasteiger partial charge on any atom is 0.261 e. The number of nitrogen functional groups attached to an aromatic ring is 1. The second kappa shape index (κ2) is 5.20. The van der Waals surface area contributed by atoms with Crippen molar-refractivity contribution in [3.8, 4) is 0 Å². The molecule has 0 saturated carbocycles. The summed E-state index contributed by atoms with van der Waals surface area (Å²) >= 11 is 0. The Bertz CT molecular complexity index is 668. The smallest absolute Gasteiger partial charge is 0.261 e. The van der Waals surface area contributed by atoms with Gasteiger partial charge in [-0.25, -0.2) is 18.7 Å². The van der Waals surface area contributed by atoms with Crippen molar-refractivity contribution < 1.29 is 13.6 Å². The molecule has 0 atom stereocenters. The fraction of sp³-hybridized carbons (Fsp3) is 0.154. The molecule has 0 radical (unpaired) electrons. The van der Waals surface area contributed by atoms with Gasteiger partial charge < -0.3 is 5.73 Å². The van der Waals surface area contributed by atoms with Gasteiger partial charge in [0.2, 0.25) is 5.95 Å². The Morgan fingerprint density at radius 3 is 2.30 bits per heavy atom. The van der Waals surface area contributed by atoms with Gasteiger partial charge in [-0.15, -0.1) is 0 Å². The first-order chi connectivity index (χ1) is 9.36. The quantitative estimate of drug-likeness (QED) is 0.825. The number of nitrogens with two attached hydrogens (primary N) is 1. The van der Waals surface area contributed by atoms with Gasteiger partial charge in [-0.1, -0.05) is 0 Å². The Morgan fingerprint density at radius 1 is 1.10 bits per heavy atom. The van der Waals surface area contributed by atoms with E-state index >= 15 is 0 Å². The van der Waals surface area contributed by atoms with Gasteiger partial charge in [-0.2, -0.15) is 0 Å². The molecule has 2 aromatic rings. The lowest BCUT2D eigenvalue weighted by atomic mass is 10.1. The number of nitrogens with one attached hydrogen (secondary N) is 1. The summed E-state index contributed by atoms with van der Waals surface area (Å²) in [5, 5.41) is 2.35. The Hall–Kier alpha value is -2.57. The van der Waals surface area contributed by atoms with Crippen LogP contribution in [0.4, 0.5) is 20.4 Å². The summed E-state index contributed by atoms with van der Waals surface area (Å²) in [6.45, 7) is 3.47. The molecule has 104 valence electrons. The van der Waals surface area contributed by atoms with E-state index in [9.17, 15) is 13.6 Å². The summed E-state index contributed by atoms with van der Waals surface area (Å²) in [4.78, 5) is 19.9. The molecule has 20 heavy (non-hydrogen) atoms. The number of hydrogen-bond acceptors (Lipinski definition) is 4. The van der Waals surface area contributed by atoms with Crippen molar-refractivity contribution in [3.63, 3.8) is 0 Å². The Kier molecular flexibility index (Phi) is 3.60. The number of aryl methyl sites for hydroxylation is 2. The summed E-state index contributed by atoms with van der Waals surface area (Å²) in [6.07, 6.45) is 0. The van der Waals surface area contributed by atoms with Crippen LogP contribution in [-0.4, -0.2) is 15.9 Å². The highest BCUT2D eigenvalue weighted by atomic mass is 19.1. The normalized spacial score (nSPS) is 10.4. The Labute approximate surface area is 113 Å². The maximum absolute atomic E-state index is 13.5. The van der Waals surface area contributed by atoms with E-state index in [1.807, 2.05) is 0 Å². The molecule has 3 N–H and O–H groups in total. The molecule has 2 rings (SSSR count). The first-order valence-corrected chi connectivity index (χ1v) is 5.75. The van der Waals surface area contributed by atoms with Gasteiger partial charge in [-0.05, 0) is 26.0 Å². The van der Waals surface area contributed by atoms with E-state index in [2.05, 4.69) is 15.3 Å². The largest absolute Gasteiger partial charge is 0.396 e. The SMILES string of the molecule is Cc1cc(C)nc(NC(=O)c2cc(N)c(F)cc2F)n1. The van der Waals surface area contributed by atoms with Gasteiger partial charge in [0, 0.05) is 17.5 Å². The van der Waals surface area contributed by atoms with Crippen molar-refractivity contribution in [2.75, 3.05) is 11.1 Å². The van der Waals surface area contributed by atoms with Crippen LogP contribution in [0.2, 0.25) is 0 Å². The molecule has 0 saturated heterocycles. The van der Waals surface area contributed by atoms with E-state index < -0.39 is 17.5 Å². The maximum atomic E-state index is 13.5. The fourth-order valence-electron chi connectivity index (χ4n) is 1.69. The zero-order valence-electron chi connectivity index (χ0n) is 10.9. The molecule has 7 heteroatoms. The summed E-state index contributed by atoms with van der Waals surface area (Å²) in [5.74, 6) is -2.66. The lowest BCUT2D eigenvalue weighted by molar-refractivity contribution is 0.102. The average Bonchev–Trinajstić information content (AvgIpc) is 2.32. The van der Waals surface area contributed by atoms with Crippen molar-refractivity contribution in [2.24, 2.45) is 0 Å². The molecule has 0 bridgehead atoms. The van der Waals surface area contributed by atoms with Crippen LogP contribution in [0.3, 0.4) is 0 Å². The van der Waals surface area contributed by atoms with Crippen LogP contribution in [0.15, 0.2) is 18.2 Å². The van der Waals surface area contributed by atoms with E-state index in [-0.39, 0.29) is 17.2 Å². The third kappa shape index (κ3) is 2.87. The van der Waals surface area contributed by atoms with E-state index in [4.69, 9.17) is 5.73 Å². The van der Waals surface area contributed by atoms with Gasteiger partial charge in [0.25, 0.3) is 5.91 Å². The Balaban J connectivity index is 2.30. The van der Waals surface area contributed by atoms with Crippen molar-refractivity contribution >= 4 is 17.5 Å². The van der Waals surface area contributed by atoms with E-state index in [1.54, 1.807) is 19.9 Å². The molecule has 5 nitrogen and oxygen atoms in total. The molecule has 0 unspecified atom stereocenters. The van der Waals surface area contributed by atoms with Crippen LogP contribution in [0.5, 0.6) is 0 Å². The van der Waals surface area contributed by atoms with Gasteiger partial charge in [0.1, 0.15) is 11.6 Å². The van der Waals surface area contributed by atoms with Gasteiger partial charge in [0.05, 0.1) is 11.3 Å². The van der Waals surface area contributed by atoms with Gasteiger partial charge >= 0.3 is 0 Å². The van der Waals surface area contributed by atoms with Crippen LogP contribution in [0.25, 0.3) is 0 Å². The highest BCUT2D eigenvalue weighted by Crippen LogP contribution is 2.17. The molecule has 0 spiro atoms. The summed E-state index contributed by atoms with van der Waals surface area (Å²) in [5.41, 5.74) is 5.96. The second-order valence-electron chi connectivity index (χ2n) is 4.28. The summed E-state index contributed by atoms with van der Waals surface area (Å²) < 4.78 is 26.6. The molecular weight excluding hydrogens is 266 g/mol. The molecule has 0 aliphatic rings. The van der Waals surface area contributed by atoms with E-state index in [1.165, 1.54) is 0 Å². The summed E-state index contributed by atoms with van der Waals surface area (Å²) in [6, 6.07) is 3.22. The van der Waals surface area contributed by atoms with Crippen LogP contribution in [0, 0.1) is 25.5 Å². The molecule has 0 fully saturated rings. The summed E-state index contributed by atoms with van der Waals surface area (Å²) in [7, 11) is 0. The van der Waals surface area contributed by atoms with Crippen molar-refractivity contribution in [2.45, 2.75) is 13.8 Å². The Morgan fingerprint density at radius 2 is 1.70 bits per heavy atom. The minimum atomic E-state index is -1.00. The third-order valence-corrected chi connectivity index (χ3v) is 2.54. The number of halogens is 2. The molecule has 1 heterocycles. The van der Waals surface area contributed by atoms with Crippen molar-refractivity contribution in [1.29, 1.82) is 0 Å². The number of amides is 1. The number of hydrogen-bond donors (Lipinski definition) is 2. The minimum Gasteiger partial charge on any atom is -0.396 e. The number of carbonyl (C=O) groups excluding carboxylic acids is 1. The molecule has 0 aliphatic carbocycles. The van der Waals surface area contributed by atoms with Crippen molar-refractivity contribution in [1.82, 2.24) is 9.97 Å². The first-order valence-electron chi connectivity index (χ1n) is 5.75. The van der Waals surface area contributed by atoms with Crippen LogP contribution in [0.1, 0.15) is 21.7 Å². The van der Waals surface area contributed by atoms with Crippen LogP contribution in [-0.2, 0) is 0 Å². The number of benzene rings is 1. The topological polar surface area (TPSA) is 80.9 Å². The lowest BCUT2D eigenvalue weighted by Crippen LogP contribution is -2.17. The molecule has 0 aliphatic heterocycles. The zero-order chi connectivity index (χ0) is 14.9. The number of anilines is 2. The number of rotatable bonds is 2. The van der Waals surface area contributed by atoms with E-state index in [0.29, 0.717) is 17.5 Å². The number of nitrogens with zero attached hydrogens (tertiary/aromatic N) is 2. The third-order valence-electron chi connectivity index (χ3n) is 2.54. The molecule has 1 amide bonds. The van der Waals surface area contributed by atoms with Crippen molar-refractivity contribution in [3.05, 3.63) is 46.8 Å². The number of aromatic nitrogens is 2. The van der Waals surface area contributed by atoms with Crippen LogP contribution >= 0.6 is 0 Å². The second-order valence-corrected chi connectivity index (χ2v) is 4.28. The zero-order valence-corrected chi connectivity index (χ0v) is 10.9. The predicted octanol–water partition coefficient (Wildman–Crippen LogP) is 2.21. The molecular formula is C13H12F2N4O. The molecule has 1 aromatic heterocycles. The highest BCUT2D eigenvalue weighted by molar-refractivity contribution is 6.04. The number of carbonyl (C=O) groups is 1. The first kappa shape index (κ1) is 13.9. The molecule has 1 aromatic carbocycles. The van der Waals surface area contributed by atoms with Gasteiger partial charge in [-0.3, -0.25) is 10.1 Å². The van der Waals surface area contributed by atoms with E-state index in [0.717, 1.165) is 6.07 Å². The minimum absolute atomic E-state index is 0.0507. The van der Waals surface area contributed by atoms with Gasteiger partial charge in [0.15, 0.2) is 0 Å². The standard InChI is InChI=1S/C13H12F2N4O/c1-6-3-7(2)18-13(17-6)19-12(20)8-4-11(16)10(15)5-9(8)14/h3-5H,16H2,1-2H3,(H,17,18,19,20). The fourth-order valence-corrected chi connectivity index (χ4v) is 1.69. The average molecular weight is 278 g/mol. The van der Waals surface area contributed by atoms with Crippen LogP contribution < -0.4 is 11.1 Å². The monoisotopic (exact) mass is 278 g/mol. The highest BCUT2D eigenvalue weighted by Gasteiger charge is 2.16. The lowest BCUT2D eigenvalue weighted by Gasteiger charge is -2.07.